The molecule has 1 rings (SSSR count). The first-order valence-corrected chi connectivity index (χ1v) is 5.37. The Bertz CT molecular complexity index is 415. The van der Waals surface area contributed by atoms with Crippen LogP contribution < -0.4 is 0 Å². The van der Waals surface area contributed by atoms with Crippen molar-refractivity contribution in [1.29, 1.82) is 0 Å². The Hall–Kier alpha value is -0.990. The third kappa shape index (κ3) is 2.52. The zero-order valence-electron chi connectivity index (χ0n) is 8.55. The normalized spacial score (nSPS) is 14.1. The van der Waals surface area contributed by atoms with Crippen LogP contribution in [0.4, 0.5) is 4.39 Å². The molecule has 0 aromatic heterocycles. The van der Waals surface area contributed by atoms with E-state index in [-0.39, 0.29) is 5.82 Å². The average molecular weight is 272 g/mol. The molecule has 1 unspecified atom stereocenters. The van der Waals surface area contributed by atoms with Crippen LogP contribution in [0.5, 0.6) is 0 Å². The molecular formula is C11H11BrFNO. The van der Waals surface area contributed by atoms with Crippen LogP contribution in [-0.4, -0.2) is 6.08 Å². The van der Waals surface area contributed by atoms with Gasteiger partial charge >= 0.3 is 0 Å². The van der Waals surface area contributed by atoms with Gasteiger partial charge in [0.05, 0.1) is 5.54 Å². The van der Waals surface area contributed by atoms with Gasteiger partial charge in [0, 0.05) is 10.0 Å². The van der Waals surface area contributed by atoms with Gasteiger partial charge in [-0.25, -0.2) is 9.18 Å². The Morgan fingerprint density at radius 2 is 2.27 bits per heavy atom. The molecule has 0 N–H and O–H groups in total. The summed E-state index contributed by atoms with van der Waals surface area (Å²) >= 11 is 3.26. The molecule has 0 fully saturated rings. The van der Waals surface area contributed by atoms with Gasteiger partial charge in [0.2, 0.25) is 6.08 Å². The van der Waals surface area contributed by atoms with Crippen molar-refractivity contribution < 1.29 is 9.18 Å². The smallest absolute Gasteiger partial charge is 0.211 e. The van der Waals surface area contributed by atoms with Gasteiger partial charge in [0.15, 0.2) is 0 Å². The first-order chi connectivity index (χ1) is 7.03. The Morgan fingerprint density at radius 3 is 2.80 bits per heavy atom. The Kier molecular flexibility index (Phi) is 3.77. The number of rotatable bonds is 3. The Labute approximate surface area is 96.3 Å². The third-order valence-corrected chi connectivity index (χ3v) is 2.98. The first-order valence-electron chi connectivity index (χ1n) is 4.58. The van der Waals surface area contributed by atoms with Crippen LogP contribution in [0, 0.1) is 5.82 Å². The molecule has 1 aromatic rings. The first kappa shape index (κ1) is 12.1. The molecule has 15 heavy (non-hydrogen) atoms. The van der Waals surface area contributed by atoms with Gasteiger partial charge in [-0.2, -0.15) is 4.99 Å². The van der Waals surface area contributed by atoms with Crippen molar-refractivity contribution in [3.8, 4) is 0 Å². The highest BCUT2D eigenvalue weighted by molar-refractivity contribution is 9.10. The summed E-state index contributed by atoms with van der Waals surface area (Å²) in [6, 6.07) is 4.60. The summed E-state index contributed by atoms with van der Waals surface area (Å²) in [7, 11) is 0. The van der Waals surface area contributed by atoms with Crippen molar-refractivity contribution in [3.63, 3.8) is 0 Å². The van der Waals surface area contributed by atoms with Gasteiger partial charge in [0.1, 0.15) is 5.82 Å². The number of hydrogen-bond donors (Lipinski definition) is 0. The van der Waals surface area contributed by atoms with E-state index in [1.54, 1.807) is 19.1 Å². The molecule has 0 aliphatic carbocycles. The molecule has 1 aromatic carbocycles. The highest BCUT2D eigenvalue weighted by atomic mass is 79.9. The number of isocyanates is 1. The minimum atomic E-state index is -0.838. The second-order valence-corrected chi connectivity index (χ2v) is 4.37. The number of aliphatic imine (C=N–C) groups is 1. The lowest BCUT2D eigenvalue weighted by Crippen LogP contribution is -2.19. The van der Waals surface area contributed by atoms with Crippen molar-refractivity contribution in [2.24, 2.45) is 4.99 Å². The van der Waals surface area contributed by atoms with Crippen LogP contribution in [0.25, 0.3) is 0 Å². The van der Waals surface area contributed by atoms with E-state index in [0.717, 1.165) is 4.47 Å². The van der Waals surface area contributed by atoms with Gasteiger partial charge in [-0.05, 0) is 31.5 Å². The summed E-state index contributed by atoms with van der Waals surface area (Å²) in [5.41, 5.74) is -0.432. The van der Waals surface area contributed by atoms with Gasteiger partial charge in [-0.1, -0.05) is 22.9 Å². The van der Waals surface area contributed by atoms with Crippen molar-refractivity contribution in [3.05, 3.63) is 34.1 Å². The minimum Gasteiger partial charge on any atom is -0.211 e. The highest BCUT2D eigenvalue weighted by Gasteiger charge is 2.27. The molecule has 0 bridgehead atoms. The SMILES string of the molecule is CCC(C)(N=C=O)c1cc(Br)ccc1F. The van der Waals surface area contributed by atoms with E-state index in [1.807, 2.05) is 6.92 Å². The van der Waals surface area contributed by atoms with Crippen LogP contribution in [0.2, 0.25) is 0 Å². The molecule has 0 aliphatic rings. The van der Waals surface area contributed by atoms with Crippen molar-refractivity contribution in [2.45, 2.75) is 25.8 Å². The molecular weight excluding hydrogens is 261 g/mol. The minimum absolute atomic E-state index is 0.360. The third-order valence-electron chi connectivity index (χ3n) is 2.49. The quantitative estimate of drug-likeness (QED) is 0.611. The fourth-order valence-corrected chi connectivity index (χ4v) is 1.70. The maximum atomic E-state index is 13.6. The van der Waals surface area contributed by atoms with E-state index in [0.29, 0.717) is 12.0 Å². The van der Waals surface area contributed by atoms with Crippen LogP contribution in [-0.2, 0) is 10.3 Å². The molecule has 0 spiro atoms. The van der Waals surface area contributed by atoms with Crippen LogP contribution >= 0.6 is 15.9 Å². The van der Waals surface area contributed by atoms with Gasteiger partial charge in [-0.3, -0.25) is 0 Å². The Morgan fingerprint density at radius 1 is 1.60 bits per heavy atom. The molecule has 0 saturated carbocycles. The predicted octanol–water partition coefficient (Wildman–Crippen LogP) is 3.55. The second kappa shape index (κ2) is 4.69. The molecule has 0 amide bonds. The van der Waals surface area contributed by atoms with Gasteiger partial charge in [-0.15, -0.1) is 0 Å². The summed E-state index contributed by atoms with van der Waals surface area (Å²) in [5.74, 6) is -0.360. The Balaban J connectivity index is 3.34. The maximum absolute atomic E-state index is 13.6. The predicted molar refractivity (Wildman–Crippen MR) is 59.9 cm³/mol. The van der Waals surface area contributed by atoms with Crippen LogP contribution in [0.15, 0.2) is 27.7 Å². The van der Waals surface area contributed by atoms with E-state index in [1.165, 1.54) is 12.1 Å². The lowest BCUT2D eigenvalue weighted by atomic mass is 9.90. The molecule has 0 heterocycles. The van der Waals surface area contributed by atoms with Gasteiger partial charge in [0.25, 0.3) is 0 Å². The number of nitrogens with zero attached hydrogens (tertiary/aromatic N) is 1. The van der Waals surface area contributed by atoms with E-state index in [9.17, 15) is 9.18 Å². The summed E-state index contributed by atoms with van der Waals surface area (Å²) in [5, 5.41) is 0. The highest BCUT2D eigenvalue weighted by Crippen LogP contribution is 2.32. The molecule has 0 aliphatic heterocycles. The lowest BCUT2D eigenvalue weighted by Gasteiger charge is -2.22. The monoisotopic (exact) mass is 271 g/mol. The van der Waals surface area contributed by atoms with Crippen molar-refractivity contribution in [2.75, 3.05) is 0 Å². The van der Waals surface area contributed by atoms with Crippen molar-refractivity contribution in [1.82, 2.24) is 0 Å². The summed E-state index contributed by atoms with van der Waals surface area (Å²) in [4.78, 5) is 14.0. The molecule has 1 atom stereocenters. The molecule has 2 nitrogen and oxygen atoms in total. The van der Waals surface area contributed by atoms with E-state index >= 15 is 0 Å². The lowest BCUT2D eigenvalue weighted by molar-refractivity contribution is 0.442. The molecule has 80 valence electrons. The molecule has 4 heteroatoms. The average Bonchev–Trinajstić information content (AvgIpc) is 2.22. The summed E-state index contributed by atoms with van der Waals surface area (Å²) < 4.78 is 14.3. The van der Waals surface area contributed by atoms with Crippen LogP contribution in [0.1, 0.15) is 25.8 Å². The fraction of sp³-hybridized carbons (Fsp3) is 0.364. The number of carbonyl (C=O) groups excluding carboxylic acids is 1. The van der Waals surface area contributed by atoms with E-state index in [4.69, 9.17) is 0 Å². The number of hydrogen-bond acceptors (Lipinski definition) is 2. The second-order valence-electron chi connectivity index (χ2n) is 3.45. The van der Waals surface area contributed by atoms with Gasteiger partial charge < -0.3 is 0 Å². The topological polar surface area (TPSA) is 29.4 Å². The maximum Gasteiger partial charge on any atom is 0.235 e. The van der Waals surface area contributed by atoms with E-state index < -0.39 is 5.54 Å². The molecule has 0 radical (unpaired) electrons. The number of benzene rings is 1. The largest absolute Gasteiger partial charge is 0.235 e. The zero-order chi connectivity index (χ0) is 11.5. The number of halogens is 2. The standard InChI is InChI=1S/C11H11BrFNO/c1-3-11(2,14-7-15)9-6-8(12)4-5-10(9)13/h4-6H,3H2,1-2H3. The summed E-state index contributed by atoms with van der Waals surface area (Å²) in [6.07, 6.45) is 2.03. The fourth-order valence-electron chi connectivity index (χ4n) is 1.34. The zero-order valence-corrected chi connectivity index (χ0v) is 10.1. The van der Waals surface area contributed by atoms with Crippen molar-refractivity contribution >= 4 is 22.0 Å². The molecule has 0 saturated heterocycles. The summed E-state index contributed by atoms with van der Waals surface area (Å²) in [6.45, 7) is 3.56. The van der Waals surface area contributed by atoms with Crippen LogP contribution in [0.3, 0.4) is 0 Å². The van der Waals surface area contributed by atoms with E-state index in [2.05, 4.69) is 20.9 Å².